The van der Waals surface area contributed by atoms with Gasteiger partial charge in [0.25, 0.3) is 5.91 Å². The number of nitrogens with one attached hydrogen (secondary N) is 2. The molecule has 0 bridgehead atoms. The van der Waals surface area contributed by atoms with Gasteiger partial charge in [-0.15, -0.1) is 0 Å². The summed E-state index contributed by atoms with van der Waals surface area (Å²) in [5, 5.41) is 6.45. The van der Waals surface area contributed by atoms with E-state index < -0.39 is 5.91 Å². The first-order chi connectivity index (χ1) is 11.9. The van der Waals surface area contributed by atoms with Gasteiger partial charge in [0.2, 0.25) is 0 Å². The Hall–Kier alpha value is -2.67. The number of rotatable bonds is 8. The highest BCUT2D eigenvalue weighted by Crippen LogP contribution is 2.22. The maximum absolute atomic E-state index is 11.8. The van der Waals surface area contributed by atoms with Crippen molar-refractivity contribution in [2.45, 2.75) is 20.3 Å². The largest absolute Gasteiger partial charge is 0.367 e. The lowest BCUT2D eigenvalue weighted by molar-refractivity contribution is 0.0996. The van der Waals surface area contributed by atoms with E-state index in [1.165, 1.54) is 0 Å². The molecule has 7 heteroatoms. The van der Waals surface area contributed by atoms with Crippen LogP contribution in [-0.4, -0.2) is 48.0 Å². The number of carbonyl (C=O) groups excluding carboxylic acids is 1. The number of benzene rings is 1. The molecule has 134 valence electrons. The van der Waals surface area contributed by atoms with Crippen molar-refractivity contribution in [1.82, 2.24) is 14.9 Å². The number of hydrogen-bond acceptors (Lipinski definition) is 6. The van der Waals surface area contributed by atoms with Crippen molar-refractivity contribution in [3.63, 3.8) is 0 Å². The van der Waals surface area contributed by atoms with Gasteiger partial charge in [-0.05, 0) is 45.1 Å². The van der Waals surface area contributed by atoms with Crippen molar-refractivity contribution in [1.29, 1.82) is 0 Å². The van der Waals surface area contributed by atoms with Gasteiger partial charge in [-0.1, -0.05) is 19.1 Å². The van der Waals surface area contributed by atoms with Gasteiger partial charge in [0.15, 0.2) is 11.5 Å². The van der Waals surface area contributed by atoms with E-state index in [1.54, 1.807) is 0 Å². The summed E-state index contributed by atoms with van der Waals surface area (Å²) in [5.74, 6) is 0.435. The number of primary amides is 1. The zero-order valence-corrected chi connectivity index (χ0v) is 15.3. The minimum Gasteiger partial charge on any atom is -0.367 e. The molecule has 0 saturated carbocycles. The molecule has 0 saturated heterocycles. The number of aromatic nitrogens is 2. The highest BCUT2D eigenvalue weighted by atomic mass is 16.1. The number of nitrogens with two attached hydrogens (primary N) is 1. The van der Waals surface area contributed by atoms with Crippen LogP contribution in [-0.2, 0) is 6.42 Å². The summed E-state index contributed by atoms with van der Waals surface area (Å²) in [6.45, 7) is 5.57. The smallest absolute Gasteiger partial charge is 0.271 e. The SMILES string of the molecule is CCc1nc(C(N)=O)c(Nc2cccc(C)c2)nc1NCCN(C)C. The maximum Gasteiger partial charge on any atom is 0.271 e. The van der Waals surface area contributed by atoms with Gasteiger partial charge in [0, 0.05) is 18.8 Å². The number of nitrogens with zero attached hydrogens (tertiary/aromatic N) is 3. The summed E-state index contributed by atoms with van der Waals surface area (Å²) < 4.78 is 0. The van der Waals surface area contributed by atoms with Crippen molar-refractivity contribution in [2.75, 3.05) is 37.8 Å². The van der Waals surface area contributed by atoms with Gasteiger partial charge < -0.3 is 21.3 Å². The molecule has 1 amide bonds. The molecule has 0 aliphatic rings. The van der Waals surface area contributed by atoms with Gasteiger partial charge in [-0.25, -0.2) is 9.97 Å². The van der Waals surface area contributed by atoms with Crippen LogP contribution in [0.1, 0.15) is 28.7 Å². The Kier molecular flexibility index (Phi) is 6.30. The van der Waals surface area contributed by atoms with E-state index in [2.05, 4.69) is 25.5 Å². The van der Waals surface area contributed by atoms with Crippen molar-refractivity contribution in [3.05, 3.63) is 41.2 Å². The van der Waals surface area contributed by atoms with Gasteiger partial charge in [0.1, 0.15) is 5.82 Å². The summed E-state index contributed by atoms with van der Waals surface area (Å²) in [5.41, 5.74) is 8.32. The zero-order valence-electron chi connectivity index (χ0n) is 15.3. The lowest BCUT2D eigenvalue weighted by Gasteiger charge is -2.16. The third-order valence-electron chi connectivity index (χ3n) is 3.67. The molecule has 0 atom stereocenters. The van der Waals surface area contributed by atoms with E-state index in [4.69, 9.17) is 5.73 Å². The molecule has 0 fully saturated rings. The van der Waals surface area contributed by atoms with Crippen LogP contribution in [0.2, 0.25) is 0 Å². The minimum atomic E-state index is -0.600. The van der Waals surface area contributed by atoms with E-state index in [9.17, 15) is 4.79 Å². The molecular weight excluding hydrogens is 316 g/mol. The van der Waals surface area contributed by atoms with E-state index in [0.29, 0.717) is 18.1 Å². The second-order valence-electron chi connectivity index (χ2n) is 6.16. The topological polar surface area (TPSA) is 96.2 Å². The highest BCUT2D eigenvalue weighted by molar-refractivity contribution is 5.96. The number of likely N-dealkylation sites (N-methyl/N-ethyl adjacent to an activating group) is 1. The number of carbonyl (C=O) groups is 1. The van der Waals surface area contributed by atoms with Gasteiger partial charge in [-0.3, -0.25) is 4.79 Å². The van der Waals surface area contributed by atoms with E-state index in [0.717, 1.165) is 30.0 Å². The molecule has 25 heavy (non-hydrogen) atoms. The molecule has 0 aliphatic heterocycles. The lowest BCUT2D eigenvalue weighted by Crippen LogP contribution is -2.23. The first kappa shape index (κ1) is 18.7. The van der Waals surface area contributed by atoms with Gasteiger partial charge >= 0.3 is 0 Å². The fourth-order valence-corrected chi connectivity index (χ4v) is 2.37. The predicted octanol–water partition coefficient (Wildman–Crippen LogP) is 2.16. The Morgan fingerprint density at radius 1 is 1.24 bits per heavy atom. The Labute approximate surface area is 148 Å². The number of anilines is 3. The molecule has 0 spiro atoms. The zero-order chi connectivity index (χ0) is 18.4. The van der Waals surface area contributed by atoms with Crippen LogP contribution < -0.4 is 16.4 Å². The fraction of sp³-hybridized carbons (Fsp3) is 0.389. The second kappa shape index (κ2) is 8.43. The molecule has 2 aromatic rings. The van der Waals surface area contributed by atoms with E-state index >= 15 is 0 Å². The average molecular weight is 342 g/mol. The summed E-state index contributed by atoms with van der Waals surface area (Å²) in [4.78, 5) is 22.9. The van der Waals surface area contributed by atoms with Crippen LogP contribution in [0.3, 0.4) is 0 Å². The molecule has 4 N–H and O–H groups in total. The summed E-state index contributed by atoms with van der Waals surface area (Å²) in [7, 11) is 4.02. The molecule has 1 aromatic carbocycles. The quantitative estimate of drug-likeness (QED) is 0.680. The number of hydrogen-bond donors (Lipinski definition) is 3. The molecule has 7 nitrogen and oxygen atoms in total. The van der Waals surface area contributed by atoms with Crippen LogP contribution in [0.15, 0.2) is 24.3 Å². The van der Waals surface area contributed by atoms with Gasteiger partial charge in [0.05, 0.1) is 5.69 Å². The number of amides is 1. The average Bonchev–Trinajstić information content (AvgIpc) is 2.54. The third kappa shape index (κ3) is 5.15. The van der Waals surface area contributed by atoms with E-state index in [1.807, 2.05) is 52.2 Å². The Bertz CT molecular complexity index is 744. The fourth-order valence-electron chi connectivity index (χ4n) is 2.37. The summed E-state index contributed by atoms with van der Waals surface area (Å²) in [6.07, 6.45) is 0.655. The molecular formula is C18H26N6O. The standard InChI is InChI=1S/C18H26N6O/c1-5-14-17(20-9-10-24(3)4)23-18(15(22-14)16(19)25)21-13-8-6-7-12(2)11-13/h6-8,11H,5,9-10H2,1-4H3,(H2,19,25)(H2,20,21,23). The van der Waals surface area contributed by atoms with E-state index in [-0.39, 0.29) is 5.69 Å². The predicted molar refractivity (Wildman–Crippen MR) is 101 cm³/mol. The summed E-state index contributed by atoms with van der Waals surface area (Å²) >= 11 is 0. The monoisotopic (exact) mass is 342 g/mol. The highest BCUT2D eigenvalue weighted by Gasteiger charge is 2.17. The van der Waals surface area contributed by atoms with Crippen LogP contribution >= 0.6 is 0 Å². The van der Waals surface area contributed by atoms with Crippen molar-refractivity contribution < 1.29 is 4.79 Å². The van der Waals surface area contributed by atoms with Gasteiger partial charge in [-0.2, -0.15) is 0 Å². The molecule has 0 radical (unpaired) electrons. The van der Waals surface area contributed by atoms with Crippen LogP contribution in [0, 0.1) is 6.92 Å². The van der Waals surface area contributed by atoms with Crippen LogP contribution in [0.4, 0.5) is 17.3 Å². The Morgan fingerprint density at radius 2 is 2.00 bits per heavy atom. The molecule has 1 heterocycles. The van der Waals surface area contributed by atoms with Crippen LogP contribution in [0.25, 0.3) is 0 Å². The lowest BCUT2D eigenvalue weighted by atomic mass is 10.2. The second-order valence-corrected chi connectivity index (χ2v) is 6.16. The van der Waals surface area contributed by atoms with Crippen molar-refractivity contribution >= 4 is 23.2 Å². The number of aryl methyl sites for hydroxylation is 2. The first-order valence-electron chi connectivity index (χ1n) is 8.33. The normalized spacial score (nSPS) is 10.8. The summed E-state index contributed by atoms with van der Waals surface area (Å²) in [6, 6.07) is 7.82. The molecule has 0 unspecified atom stereocenters. The molecule has 2 rings (SSSR count). The van der Waals surface area contributed by atoms with Crippen molar-refractivity contribution in [3.8, 4) is 0 Å². The maximum atomic E-state index is 11.8. The van der Waals surface area contributed by atoms with Crippen molar-refractivity contribution in [2.24, 2.45) is 5.73 Å². The molecule has 0 aliphatic carbocycles. The minimum absolute atomic E-state index is 0.150. The third-order valence-corrected chi connectivity index (χ3v) is 3.67. The Morgan fingerprint density at radius 3 is 2.60 bits per heavy atom. The Balaban J connectivity index is 2.36. The molecule has 1 aromatic heterocycles. The first-order valence-corrected chi connectivity index (χ1v) is 8.33. The van der Waals surface area contributed by atoms with Crippen LogP contribution in [0.5, 0.6) is 0 Å².